The van der Waals surface area contributed by atoms with Crippen molar-refractivity contribution in [3.8, 4) is 5.75 Å². The third kappa shape index (κ3) is 1.39. The molecule has 1 aliphatic rings. The van der Waals surface area contributed by atoms with Crippen molar-refractivity contribution in [2.24, 2.45) is 0 Å². The molecule has 82 valence electrons. The van der Waals surface area contributed by atoms with Gasteiger partial charge in [-0.05, 0) is 25.1 Å². The maximum atomic E-state index is 11.8. The van der Waals surface area contributed by atoms with Crippen LogP contribution in [0.25, 0.3) is 0 Å². The number of hydrogen-bond donors (Lipinski definition) is 0. The molecule has 16 heavy (non-hydrogen) atoms. The van der Waals surface area contributed by atoms with Crippen LogP contribution in [-0.2, 0) is 0 Å². The van der Waals surface area contributed by atoms with Crippen molar-refractivity contribution in [2.75, 3.05) is 6.61 Å². The Morgan fingerprint density at radius 1 is 1.31 bits per heavy atom. The van der Waals surface area contributed by atoms with Crippen molar-refractivity contribution in [1.29, 1.82) is 0 Å². The lowest BCUT2D eigenvalue weighted by Gasteiger charge is -2.04. The first kappa shape index (κ1) is 10.4. The molecule has 0 saturated carbocycles. The van der Waals surface area contributed by atoms with Gasteiger partial charge in [-0.2, -0.15) is 0 Å². The molecule has 1 aromatic rings. The van der Waals surface area contributed by atoms with Crippen LogP contribution in [0.2, 0.25) is 0 Å². The van der Waals surface area contributed by atoms with Gasteiger partial charge in [0.2, 0.25) is 0 Å². The Morgan fingerprint density at radius 3 is 2.62 bits per heavy atom. The molecular formula is C12H11NO3. The van der Waals surface area contributed by atoms with Crippen LogP contribution < -0.4 is 4.74 Å². The van der Waals surface area contributed by atoms with Crippen LogP contribution in [0.1, 0.15) is 27.6 Å². The van der Waals surface area contributed by atoms with Crippen LogP contribution in [0.3, 0.4) is 0 Å². The molecular weight excluding hydrogens is 206 g/mol. The summed E-state index contributed by atoms with van der Waals surface area (Å²) in [7, 11) is 0. The van der Waals surface area contributed by atoms with E-state index >= 15 is 0 Å². The molecule has 0 spiro atoms. The lowest BCUT2D eigenvalue weighted by atomic mass is 10.1. The van der Waals surface area contributed by atoms with E-state index in [0.29, 0.717) is 23.5 Å². The van der Waals surface area contributed by atoms with Crippen LogP contribution in [0.15, 0.2) is 31.0 Å². The summed E-state index contributed by atoms with van der Waals surface area (Å²) in [6, 6.07) is 4.87. The zero-order valence-corrected chi connectivity index (χ0v) is 8.90. The van der Waals surface area contributed by atoms with Gasteiger partial charge < -0.3 is 4.74 Å². The monoisotopic (exact) mass is 217 g/mol. The second-order valence-electron chi connectivity index (χ2n) is 3.30. The first-order valence-electron chi connectivity index (χ1n) is 4.96. The van der Waals surface area contributed by atoms with Gasteiger partial charge in [0.25, 0.3) is 11.8 Å². The summed E-state index contributed by atoms with van der Waals surface area (Å²) in [5.41, 5.74) is 0.768. The Kier molecular flexibility index (Phi) is 2.48. The molecule has 0 atom stereocenters. The molecule has 0 aromatic heterocycles. The summed E-state index contributed by atoms with van der Waals surface area (Å²) >= 11 is 0. The first-order chi connectivity index (χ1) is 7.69. The number of carbonyl (C=O) groups is 2. The normalized spacial score (nSPS) is 13.9. The van der Waals surface area contributed by atoms with Gasteiger partial charge in [0.05, 0.1) is 17.7 Å². The fourth-order valence-corrected chi connectivity index (χ4v) is 1.66. The van der Waals surface area contributed by atoms with Gasteiger partial charge in [-0.25, -0.2) is 4.90 Å². The average molecular weight is 217 g/mol. The van der Waals surface area contributed by atoms with E-state index in [2.05, 4.69) is 6.58 Å². The van der Waals surface area contributed by atoms with Crippen molar-refractivity contribution in [3.05, 3.63) is 42.1 Å². The molecule has 0 fully saturated rings. The average Bonchev–Trinajstić information content (AvgIpc) is 2.52. The van der Waals surface area contributed by atoms with Crippen molar-refractivity contribution in [2.45, 2.75) is 6.92 Å². The molecule has 0 radical (unpaired) electrons. The fraction of sp³-hybridized carbons (Fsp3) is 0.167. The van der Waals surface area contributed by atoms with Crippen molar-refractivity contribution < 1.29 is 14.3 Å². The van der Waals surface area contributed by atoms with Crippen molar-refractivity contribution >= 4 is 11.8 Å². The fourth-order valence-electron chi connectivity index (χ4n) is 1.66. The molecule has 1 aromatic carbocycles. The molecule has 0 saturated heterocycles. The lowest BCUT2D eigenvalue weighted by molar-refractivity contribution is 0.0722. The summed E-state index contributed by atoms with van der Waals surface area (Å²) < 4.78 is 5.28. The number of fused-ring (bicyclic) bond motifs is 1. The second-order valence-corrected chi connectivity index (χ2v) is 3.30. The van der Waals surface area contributed by atoms with Crippen LogP contribution in [0.5, 0.6) is 5.75 Å². The Bertz CT molecular complexity index is 479. The lowest BCUT2D eigenvalue weighted by Crippen LogP contribution is -2.22. The number of hydrogen-bond acceptors (Lipinski definition) is 3. The van der Waals surface area contributed by atoms with Crippen molar-refractivity contribution in [3.63, 3.8) is 0 Å². The van der Waals surface area contributed by atoms with Gasteiger partial charge in [0.15, 0.2) is 0 Å². The van der Waals surface area contributed by atoms with E-state index in [0.717, 1.165) is 4.90 Å². The van der Waals surface area contributed by atoms with Crippen LogP contribution in [0.4, 0.5) is 0 Å². The minimum atomic E-state index is -0.350. The summed E-state index contributed by atoms with van der Waals surface area (Å²) in [5.74, 6) is -0.0945. The standard InChI is InChI=1S/C12H11NO3/c1-3-13-11(14)9-6-5-8(16-4-2)7-10(9)12(13)15/h3,5-7H,1,4H2,2H3. The third-order valence-electron chi connectivity index (χ3n) is 2.38. The number of ether oxygens (including phenoxy) is 1. The van der Waals surface area contributed by atoms with Gasteiger partial charge >= 0.3 is 0 Å². The highest BCUT2D eigenvalue weighted by atomic mass is 16.5. The van der Waals surface area contributed by atoms with Gasteiger partial charge in [-0.15, -0.1) is 0 Å². The van der Waals surface area contributed by atoms with Gasteiger partial charge in [-0.3, -0.25) is 9.59 Å². The molecule has 0 bridgehead atoms. The Labute approximate surface area is 93.1 Å². The highest BCUT2D eigenvalue weighted by Crippen LogP contribution is 2.26. The van der Waals surface area contributed by atoms with Gasteiger partial charge in [-0.1, -0.05) is 6.58 Å². The van der Waals surface area contributed by atoms with E-state index in [1.165, 1.54) is 6.20 Å². The Balaban J connectivity index is 2.47. The summed E-state index contributed by atoms with van der Waals surface area (Å²) in [4.78, 5) is 24.5. The molecule has 2 amide bonds. The highest BCUT2D eigenvalue weighted by Gasteiger charge is 2.34. The second kappa shape index (κ2) is 3.81. The zero-order valence-electron chi connectivity index (χ0n) is 8.90. The number of rotatable bonds is 3. The SMILES string of the molecule is C=CN1C(=O)c2ccc(OCC)cc2C1=O. The van der Waals surface area contributed by atoms with Crippen LogP contribution >= 0.6 is 0 Å². The van der Waals surface area contributed by atoms with Gasteiger partial charge in [0, 0.05) is 6.20 Å². The molecule has 0 N–H and O–H groups in total. The predicted molar refractivity (Wildman–Crippen MR) is 58.3 cm³/mol. The number of benzene rings is 1. The summed E-state index contributed by atoms with van der Waals surface area (Å²) in [5, 5.41) is 0. The molecule has 1 aliphatic heterocycles. The largest absolute Gasteiger partial charge is 0.494 e. The van der Waals surface area contributed by atoms with Crippen LogP contribution in [0, 0.1) is 0 Å². The molecule has 0 unspecified atom stereocenters. The quantitative estimate of drug-likeness (QED) is 0.725. The van der Waals surface area contributed by atoms with Gasteiger partial charge in [0.1, 0.15) is 5.75 Å². The van der Waals surface area contributed by atoms with E-state index in [9.17, 15) is 9.59 Å². The summed E-state index contributed by atoms with van der Waals surface area (Å²) in [6.45, 7) is 5.82. The molecule has 4 nitrogen and oxygen atoms in total. The molecule has 4 heteroatoms. The minimum Gasteiger partial charge on any atom is -0.494 e. The topological polar surface area (TPSA) is 46.6 Å². The molecule has 2 rings (SSSR count). The maximum absolute atomic E-state index is 11.8. The third-order valence-corrected chi connectivity index (χ3v) is 2.38. The number of imide groups is 1. The number of nitrogens with zero attached hydrogens (tertiary/aromatic N) is 1. The minimum absolute atomic E-state index is 0.335. The van der Waals surface area contributed by atoms with E-state index in [4.69, 9.17) is 4.74 Å². The highest BCUT2D eigenvalue weighted by molar-refractivity contribution is 6.22. The summed E-state index contributed by atoms with van der Waals surface area (Å²) in [6.07, 6.45) is 1.23. The van der Waals surface area contributed by atoms with Crippen LogP contribution in [-0.4, -0.2) is 23.3 Å². The molecule has 0 aliphatic carbocycles. The van der Waals surface area contributed by atoms with E-state index in [1.54, 1.807) is 18.2 Å². The smallest absolute Gasteiger partial charge is 0.265 e. The first-order valence-corrected chi connectivity index (χ1v) is 4.96. The Hall–Kier alpha value is -2.10. The van der Waals surface area contributed by atoms with E-state index < -0.39 is 0 Å². The maximum Gasteiger partial charge on any atom is 0.265 e. The Morgan fingerprint density at radius 2 is 2.00 bits per heavy atom. The number of carbonyl (C=O) groups excluding carboxylic acids is 2. The number of amides is 2. The zero-order chi connectivity index (χ0) is 11.7. The van der Waals surface area contributed by atoms with E-state index in [1.807, 2.05) is 6.92 Å². The predicted octanol–water partition coefficient (Wildman–Crippen LogP) is 1.82. The van der Waals surface area contributed by atoms with Crippen molar-refractivity contribution in [1.82, 2.24) is 4.90 Å². The van der Waals surface area contributed by atoms with E-state index in [-0.39, 0.29) is 11.8 Å². The molecule has 1 heterocycles.